The summed E-state index contributed by atoms with van der Waals surface area (Å²) in [7, 11) is 0. The predicted octanol–water partition coefficient (Wildman–Crippen LogP) is 6.27. The first-order valence-electron chi connectivity index (χ1n) is 10.7. The van der Waals surface area contributed by atoms with Gasteiger partial charge in [0.2, 0.25) is 0 Å². The minimum absolute atomic E-state index is 0.105. The van der Waals surface area contributed by atoms with E-state index < -0.39 is 0 Å². The van der Waals surface area contributed by atoms with E-state index in [1.165, 1.54) is 23.1 Å². The Hall–Kier alpha value is -2.94. The molecule has 0 radical (unpaired) electrons. The van der Waals surface area contributed by atoms with Crippen LogP contribution in [-0.4, -0.2) is 17.3 Å². The van der Waals surface area contributed by atoms with E-state index in [-0.39, 0.29) is 11.0 Å². The maximum absolute atomic E-state index is 9.51. The molecule has 0 saturated heterocycles. The van der Waals surface area contributed by atoms with Crippen LogP contribution in [0.25, 0.3) is 0 Å². The minimum atomic E-state index is -0.207. The molecule has 2 aliphatic heterocycles. The first-order chi connectivity index (χ1) is 14.4. The minimum Gasteiger partial charge on any atom is -0.508 e. The van der Waals surface area contributed by atoms with Crippen LogP contribution in [0.3, 0.4) is 0 Å². The molecule has 3 nitrogen and oxygen atoms in total. The number of fused-ring (bicyclic) bond motifs is 2. The smallest absolute Gasteiger partial charge is 0.124 e. The molecular weight excluding hydrogens is 372 g/mol. The molecule has 30 heavy (non-hydrogen) atoms. The fourth-order valence-corrected chi connectivity index (χ4v) is 4.67. The van der Waals surface area contributed by atoms with Crippen molar-refractivity contribution in [2.24, 2.45) is 0 Å². The average Bonchev–Trinajstić information content (AvgIpc) is 2.74. The van der Waals surface area contributed by atoms with Crippen LogP contribution in [0.15, 0.2) is 72.8 Å². The molecule has 1 unspecified atom stereocenters. The van der Waals surface area contributed by atoms with Gasteiger partial charge >= 0.3 is 0 Å². The second-order valence-electron chi connectivity index (χ2n) is 8.97. The van der Waals surface area contributed by atoms with Gasteiger partial charge in [-0.1, -0.05) is 55.5 Å². The van der Waals surface area contributed by atoms with Crippen LogP contribution < -0.4 is 9.47 Å². The number of aryl methyl sites for hydroxylation is 1. The van der Waals surface area contributed by atoms with Crippen molar-refractivity contribution in [3.8, 4) is 17.2 Å². The average molecular weight is 403 g/mol. The Morgan fingerprint density at radius 1 is 0.800 bits per heavy atom. The lowest BCUT2D eigenvalue weighted by Crippen LogP contribution is -2.43. The topological polar surface area (TPSA) is 38.7 Å². The van der Waals surface area contributed by atoms with E-state index in [2.05, 4.69) is 45.0 Å². The van der Waals surface area contributed by atoms with Crippen molar-refractivity contribution in [2.45, 2.75) is 51.0 Å². The molecule has 0 aliphatic carbocycles. The monoisotopic (exact) mass is 402 g/mol. The highest BCUT2D eigenvalue weighted by atomic mass is 16.5. The quantitative estimate of drug-likeness (QED) is 0.521. The first-order valence-corrected chi connectivity index (χ1v) is 10.7. The molecule has 3 aromatic carbocycles. The Bertz CT molecular complexity index is 982. The Morgan fingerprint density at radius 2 is 1.47 bits per heavy atom. The summed E-state index contributed by atoms with van der Waals surface area (Å²) in [5.41, 5.74) is 3.46. The molecule has 5 rings (SSSR count). The zero-order valence-electron chi connectivity index (χ0n) is 18.0. The largest absolute Gasteiger partial charge is 0.508 e. The molecular formula is C27H30O3. The van der Waals surface area contributed by atoms with Crippen molar-refractivity contribution in [3.63, 3.8) is 0 Å². The second kappa shape index (κ2) is 8.06. The fourth-order valence-electron chi connectivity index (χ4n) is 4.67. The van der Waals surface area contributed by atoms with Gasteiger partial charge in [-0.25, -0.2) is 0 Å². The van der Waals surface area contributed by atoms with E-state index in [0.29, 0.717) is 5.75 Å². The lowest BCUT2D eigenvalue weighted by Gasteiger charge is -2.44. The van der Waals surface area contributed by atoms with Gasteiger partial charge in [-0.3, -0.25) is 0 Å². The normalized spacial score (nSPS) is 21.0. The molecule has 2 heterocycles. The van der Waals surface area contributed by atoms with Crippen molar-refractivity contribution in [2.75, 3.05) is 6.61 Å². The van der Waals surface area contributed by atoms with Gasteiger partial charge in [-0.15, -0.1) is 0 Å². The summed E-state index contributed by atoms with van der Waals surface area (Å²) < 4.78 is 11.5. The third-order valence-electron chi connectivity index (χ3n) is 5.97. The molecule has 3 heteroatoms. The van der Waals surface area contributed by atoms with Crippen LogP contribution in [0.5, 0.6) is 17.2 Å². The van der Waals surface area contributed by atoms with Gasteiger partial charge in [0.15, 0.2) is 0 Å². The molecule has 0 fully saturated rings. The molecule has 1 N–H and O–H groups in total. The third-order valence-corrected chi connectivity index (χ3v) is 5.97. The Labute approximate surface area is 179 Å². The van der Waals surface area contributed by atoms with E-state index in [1.54, 1.807) is 12.1 Å². The van der Waals surface area contributed by atoms with Crippen LogP contribution in [0.2, 0.25) is 0 Å². The number of hydrogen-bond donors (Lipinski definition) is 1. The van der Waals surface area contributed by atoms with Crippen LogP contribution in [0.1, 0.15) is 50.3 Å². The van der Waals surface area contributed by atoms with Crippen LogP contribution in [0, 0.1) is 0 Å². The van der Waals surface area contributed by atoms with Gasteiger partial charge in [0.25, 0.3) is 0 Å². The zero-order chi connectivity index (χ0) is 21.2. The first kappa shape index (κ1) is 20.3. The van der Waals surface area contributed by atoms with Gasteiger partial charge in [0.1, 0.15) is 22.8 Å². The number of phenols is 1. The molecule has 1 atom stereocenters. The number of ether oxygens (including phenoxy) is 2. The summed E-state index contributed by atoms with van der Waals surface area (Å²) in [6.07, 6.45) is 3.25. The van der Waals surface area contributed by atoms with Crippen molar-refractivity contribution in [3.05, 3.63) is 89.5 Å². The molecule has 0 aromatic heterocycles. The van der Waals surface area contributed by atoms with E-state index in [9.17, 15) is 5.11 Å². The van der Waals surface area contributed by atoms with E-state index in [4.69, 9.17) is 9.47 Å². The Morgan fingerprint density at radius 3 is 2.20 bits per heavy atom. The number of rotatable bonds is 1. The zero-order valence-corrected chi connectivity index (χ0v) is 18.0. The maximum Gasteiger partial charge on any atom is 0.124 e. The fraction of sp³-hybridized carbons (Fsp3) is 0.333. The molecule has 156 valence electrons. The Kier molecular flexibility index (Phi) is 5.46. The van der Waals surface area contributed by atoms with Crippen molar-refractivity contribution in [1.82, 2.24) is 0 Å². The van der Waals surface area contributed by atoms with Crippen LogP contribution in [-0.2, 0) is 11.8 Å². The van der Waals surface area contributed by atoms with Gasteiger partial charge in [-0.05, 0) is 62.1 Å². The predicted molar refractivity (Wildman–Crippen MR) is 121 cm³/mol. The highest BCUT2D eigenvalue weighted by Crippen LogP contribution is 2.48. The molecule has 0 spiro atoms. The second-order valence-corrected chi connectivity index (χ2v) is 8.97. The van der Waals surface area contributed by atoms with E-state index >= 15 is 0 Å². The SMILES string of the molecule is CC1(C)CC(C)(c2ccc(O)cc2)c2ccccc2O1.c1ccc2c(c1)CCCO2. The van der Waals surface area contributed by atoms with Gasteiger partial charge < -0.3 is 14.6 Å². The lowest BCUT2D eigenvalue weighted by atomic mass is 9.68. The summed E-state index contributed by atoms with van der Waals surface area (Å²) in [5.74, 6) is 2.34. The summed E-state index contributed by atoms with van der Waals surface area (Å²) in [4.78, 5) is 0. The number of benzene rings is 3. The number of aromatic hydroxyl groups is 1. The molecule has 0 saturated carbocycles. The van der Waals surface area contributed by atoms with Crippen molar-refractivity contribution < 1.29 is 14.6 Å². The third kappa shape index (κ3) is 4.16. The van der Waals surface area contributed by atoms with Crippen LogP contribution in [0.4, 0.5) is 0 Å². The van der Waals surface area contributed by atoms with Crippen molar-refractivity contribution in [1.29, 1.82) is 0 Å². The summed E-state index contributed by atoms with van der Waals surface area (Å²) >= 11 is 0. The highest BCUT2D eigenvalue weighted by molar-refractivity contribution is 5.49. The van der Waals surface area contributed by atoms with E-state index in [1.807, 2.05) is 36.4 Å². The molecule has 2 aliphatic rings. The summed E-state index contributed by atoms with van der Waals surface area (Å²) in [6.45, 7) is 7.39. The highest BCUT2D eigenvalue weighted by Gasteiger charge is 2.42. The molecule has 0 bridgehead atoms. The number of para-hydroxylation sites is 2. The van der Waals surface area contributed by atoms with Gasteiger partial charge in [-0.2, -0.15) is 0 Å². The van der Waals surface area contributed by atoms with Gasteiger partial charge in [0, 0.05) is 17.4 Å². The number of phenolic OH excluding ortho intramolecular Hbond substituents is 1. The molecule has 0 amide bonds. The lowest BCUT2D eigenvalue weighted by molar-refractivity contribution is 0.0583. The van der Waals surface area contributed by atoms with Crippen molar-refractivity contribution >= 4 is 0 Å². The van der Waals surface area contributed by atoms with Gasteiger partial charge in [0.05, 0.1) is 6.61 Å². The summed E-state index contributed by atoms with van der Waals surface area (Å²) in [6, 6.07) is 24.0. The Balaban J connectivity index is 0.000000181. The number of hydrogen-bond acceptors (Lipinski definition) is 3. The summed E-state index contributed by atoms with van der Waals surface area (Å²) in [5, 5.41) is 9.51. The van der Waals surface area contributed by atoms with E-state index in [0.717, 1.165) is 30.9 Å². The molecule has 3 aromatic rings. The maximum atomic E-state index is 9.51. The standard InChI is InChI=1S/C18H20O2.C9H10O/c1-17(2)12-18(3,13-8-10-14(19)11-9-13)15-6-4-5-7-16(15)20-17;1-2-6-9-8(4-1)5-3-7-10-9/h4-11,19H,12H2,1-3H3;1-2,4,6H,3,5,7H2. The van der Waals surface area contributed by atoms with Crippen LogP contribution >= 0.6 is 0 Å².